The van der Waals surface area contributed by atoms with Crippen molar-refractivity contribution in [3.05, 3.63) is 59.7 Å². The van der Waals surface area contributed by atoms with Crippen molar-refractivity contribution in [3.8, 4) is 0 Å². The normalized spacial score (nSPS) is 13.7. The molecule has 2 aromatic rings. The van der Waals surface area contributed by atoms with Gasteiger partial charge >= 0.3 is 0 Å². The molecule has 0 radical (unpaired) electrons. The standard InChI is InChI=1S/C24H38N4O/c1-5-27(6-2)17-23(19-9-13-21(25)14-10-19)29-24(18-28(7-3)8-4)20-11-15-22(26)16-12-20/h9-16,23-24H,5-8,17-18,25-26H2,1-4H3. The summed E-state index contributed by atoms with van der Waals surface area (Å²) in [6.07, 6.45) is -0.0674. The molecule has 2 aromatic carbocycles. The Labute approximate surface area is 176 Å². The first-order valence-electron chi connectivity index (χ1n) is 10.8. The molecule has 160 valence electrons. The number of ether oxygens (including phenoxy) is 1. The monoisotopic (exact) mass is 398 g/mol. The predicted molar refractivity (Wildman–Crippen MR) is 124 cm³/mol. The van der Waals surface area contributed by atoms with Crippen molar-refractivity contribution in [1.29, 1.82) is 0 Å². The zero-order valence-corrected chi connectivity index (χ0v) is 18.5. The number of benzene rings is 2. The number of hydrogen-bond acceptors (Lipinski definition) is 5. The summed E-state index contributed by atoms with van der Waals surface area (Å²) in [4.78, 5) is 4.80. The van der Waals surface area contributed by atoms with Crippen LogP contribution < -0.4 is 11.5 Å². The fraction of sp³-hybridized carbons (Fsp3) is 0.500. The molecule has 0 bridgehead atoms. The van der Waals surface area contributed by atoms with Gasteiger partial charge in [-0.3, -0.25) is 0 Å². The van der Waals surface area contributed by atoms with Gasteiger partial charge in [0.2, 0.25) is 0 Å². The number of hydrogen-bond donors (Lipinski definition) is 2. The van der Waals surface area contributed by atoms with Crippen LogP contribution in [0.2, 0.25) is 0 Å². The van der Waals surface area contributed by atoms with Crippen LogP contribution in [0.4, 0.5) is 11.4 Å². The maximum absolute atomic E-state index is 6.81. The molecule has 29 heavy (non-hydrogen) atoms. The molecule has 2 unspecified atom stereocenters. The second-order valence-electron chi connectivity index (χ2n) is 7.42. The zero-order chi connectivity index (χ0) is 21.2. The first kappa shape index (κ1) is 23.2. The zero-order valence-electron chi connectivity index (χ0n) is 18.5. The number of rotatable bonds is 12. The van der Waals surface area contributed by atoms with Crippen molar-refractivity contribution < 1.29 is 4.74 Å². The summed E-state index contributed by atoms with van der Waals surface area (Å²) in [5, 5.41) is 0. The lowest BCUT2D eigenvalue weighted by Gasteiger charge is -2.32. The van der Waals surface area contributed by atoms with Gasteiger partial charge in [-0.05, 0) is 61.6 Å². The number of likely N-dealkylation sites (N-methyl/N-ethyl adjacent to an activating group) is 2. The molecule has 5 nitrogen and oxygen atoms in total. The highest BCUT2D eigenvalue weighted by Gasteiger charge is 2.23. The van der Waals surface area contributed by atoms with E-state index in [0.717, 1.165) is 61.8 Å². The molecular formula is C24H38N4O. The Bertz CT molecular complexity index is 632. The van der Waals surface area contributed by atoms with Gasteiger partial charge in [-0.25, -0.2) is 0 Å². The summed E-state index contributed by atoms with van der Waals surface area (Å²) in [6.45, 7) is 14.4. The van der Waals surface area contributed by atoms with Gasteiger partial charge in [0.1, 0.15) is 0 Å². The summed E-state index contributed by atoms with van der Waals surface area (Å²) in [5.41, 5.74) is 15.7. The number of nitrogen functional groups attached to an aromatic ring is 2. The van der Waals surface area contributed by atoms with E-state index in [1.54, 1.807) is 0 Å². The third kappa shape index (κ3) is 7.03. The molecule has 0 aromatic heterocycles. The fourth-order valence-electron chi connectivity index (χ4n) is 3.51. The Morgan fingerprint density at radius 3 is 1.21 bits per heavy atom. The molecule has 0 saturated heterocycles. The second-order valence-corrected chi connectivity index (χ2v) is 7.42. The largest absolute Gasteiger partial charge is 0.399 e. The average Bonchev–Trinajstić information content (AvgIpc) is 2.75. The Morgan fingerprint density at radius 1 is 0.621 bits per heavy atom. The first-order valence-corrected chi connectivity index (χ1v) is 10.8. The van der Waals surface area contributed by atoms with Crippen LogP contribution in [0.1, 0.15) is 51.0 Å². The van der Waals surface area contributed by atoms with Crippen LogP contribution >= 0.6 is 0 Å². The topological polar surface area (TPSA) is 67.8 Å². The minimum absolute atomic E-state index is 0.0337. The van der Waals surface area contributed by atoms with E-state index in [0.29, 0.717) is 0 Å². The Hall–Kier alpha value is -2.08. The molecule has 0 aliphatic heterocycles. The Morgan fingerprint density at radius 2 is 0.931 bits per heavy atom. The van der Waals surface area contributed by atoms with E-state index >= 15 is 0 Å². The van der Waals surface area contributed by atoms with E-state index in [1.807, 2.05) is 24.3 Å². The van der Waals surface area contributed by atoms with Gasteiger partial charge in [-0.2, -0.15) is 0 Å². The molecule has 4 N–H and O–H groups in total. The average molecular weight is 399 g/mol. The third-order valence-electron chi connectivity index (χ3n) is 5.58. The maximum Gasteiger partial charge on any atom is 0.0960 e. The molecular weight excluding hydrogens is 360 g/mol. The van der Waals surface area contributed by atoms with E-state index in [2.05, 4.69) is 61.8 Å². The van der Waals surface area contributed by atoms with Gasteiger partial charge in [0.15, 0.2) is 0 Å². The minimum atomic E-state index is -0.0337. The number of nitrogens with zero attached hydrogens (tertiary/aromatic N) is 2. The molecule has 0 fully saturated rings. The van der Waals surface area contributed by atoms with Gasteiger partial charge in [0, 0.05) is 24.5 Å². The summed E-state index contributed by atoms with van der Waals surface area (Å²) in [7, 11) is 0. The summed E-state index contributed by atoms with van der Waals surface area (Å²) < 4.78 is 6.81. The first-order chi connectivity index (χ1) is 14.0. The molecule has 5 heteroatoms. The predicted octanol–water partition coefficient (Wildman–Crippen LogP) is 4.33. The second kappa shape index (κ2) is 11.8. The molecule has 2 rings (SSSR count). The molecule has 0 spiro atoms. The SMILES string of the molecule is CCN(CC)CC(OC(CN(CC)CC)c1ccc(N)cc1)c1ccc(N)cc1. The minimum Gasteiger partial charge on any atom is -0.399 e. The van der Waals surface area contributed by atoms with E-state index in [1.165, 1.54) is 0 Å². The number of nitrogens with two attached hydrogens (primary N) is 2. The molecule has 0 aliphatic rings. The van der Waals surface area contributed by atoms with Crippen LogP contribution in [0.25, 0.3) is 0 Å². The van der Waals surface area contributed by atoms with Crippen molar-refractivity contribution in [2.24, 2.45) is 0 Å². The fourth-order valence-corrected chi connectivity index (χ4v) is 3.51. The lowest BCUT2D eigenvalue weighted by Crippen LogP contribution is -2.33. The van der Waals surface area contributed by atoms with E-state index in [-0.39, 0.29) is 12.2 Å². The Balaban J connectivity index is 2.33. The van der Waals surface area contributed by atoms with Crippen LogP contribution in [0.5, 0.6) is 0 Å². The third-order valence-corrected chi connectivity index (χ3v) is 5.58. The lowest BCUT2D eigenvalue weighted by molar-refractivity contribution is -0.0449. The number of anilines is 2. The highest BCUT2D eigenvalue weighted by Crippen LogP contribution is 2.29. The van der Waals surface area contributed by atoms with Crippen LogP contribution in [-0.2, 0) is 4.74 Å². The van der Waals surface area contributed by atoms with E-state index < -0.39 is 0 Å². The maximum atomic E-state index is 6.81. The van der Waals surface area contributed by atoms with Crippen molar-refractivity contribution in [1.82, 2.24) is 9.80 Å². The van der Waals surface area contributed by atoms with Gasteiger partial charge in [-0.1, -0.05) is 52.0 Å². The summed E-state index contributed by atoms with van der Waals surface area (Å²) >= 11 is 0. The molecule has 0 aliphatic carbocycles. The quantitative estimate of drug-likeness (QED) is 0.521. The van der Waals surface area contributed by atoms with Crippen molar-refractivity contribution in [2.45, 2.75) is 39.9 Å². The van der Waals surface area contributed by atoms with Crippen LogP contribution in [0, 0.1) is 0 Å². The van der Waals surface area contributed by atoms with Crippen molar-refractivity contribution in [3.63, 3.8) is 0 Å². The lowest BCUT2D eigenvalue weighted by atomic mass is 10.0. The molecule has 2 atom stereocenters. The van der Waals surface area contributed by atoms with Crippen LogP contribution in [0.3, 0.4) is 0 Å². The Kier molecular flexibility index (Phi) is 9.45. The highest BCUT2D eigenvalue weighted by molar-refractivity contribution is 5.41. The van der Waals surface area contributed by atoms with Gasteiger partial charge < -0.3 is 26.0 Å². The molecule has 0 amide bonds. The van der Waals surface area contributed by atoms with Gasteiger partial charge in [0.05, 0.1) is 12.2 Å². The van der Waals surface area contributed by atoms with Crippen LogP contribution in [-0.4, -0.2) is 49.1 Å². The highest BCUT2D eigenvalue weighted by atomic mass is 16.5. The van der Waals surface area contributed by atoms with Crippen LogP contribution in [0.15, 0.2) is 48.5 Å². The van der Waals surface area contributed by atoms with Crippen molar-refractivity contribution in [2.75, 3.05) is 50.7 Å². The van der Waals surface area contributed by atoms with Crippen molar-refractivity contribution >= 4 is 11.4 Å². The summed E-state index contributed by atoms with van der Waals surface area (Å²) in [5.74, 6) is 0. The summed E-state index contributed by atoms with van der Waals surface area (Å²) in [6, 6.07) is 16.2. The van der Waals surface area contributed by atoms with Gasteiger partial charge in [-0.15, -0.1) is 0 Å². The van der Waals surface area contributed by atoms with E-state index in [4.69, 9.17) is 16.2 Å². The van der Waals surface area contributed by atoms with Gasteiger partial charge in [0.25, 0.3) is 0 Å². The van der Waals surface area contributed by atoms with E-state index in [9.17, 15) is 0 Å². The smallest absolute Gasteiger partial charge is 0.0960 e. The molecule has 0 heterocycles. The molecule has 0 saturated carbocycles.